The number of nitrogens with zero attached hydrogens (tertiary/aromatic N) is 1. The smallest absolute Gasteiger partial charge is 0.227 e. The fourth-order valence-electron chi connectivity index (χ4n) is 2.22. The number of benzene rings is 1. The Balaban J connectivity index is 1.57. The molecule has 1 aromatic heterocycles. The van der Waals surface area contributed by atoms with Gasteiger partial charge in [-0.05, 0) is 50.2 Å². The number of carbonyl (C=O) groups excluding carboxylic acids is 1. The highest BCUT2D eigenvalue weighted by atomic mass is 32.2. The van der Waals surface area contributed by atoms with Crippen molar-refractivity contribution in [2.45, 2.75) is 23.1 Å². The molecular formula is C16H19N3OS2. The molecule has 0 saturated carbocycles. The van der Waals surface area contributed by atoms with Gasteiger partial charge in [0.05, 0.1) is 0 Å². The predicted octanol–water partition coefficient (Wildman–Crippen LogP) is 3.40. The Morgan fingerprint density at radius 2 is 2.14 bits per heavy atom. The average molecular weight is 333 g/mol. The molecule has 4 nitrogen and oxygen atoms in total. The molecule has 3 rings (SSSR count). The highest BCUT2D eigenvalue weighted by molar-refractivity contribution is 8.01. The monoisotopic (exact) mass is 333 g/mol. The van der Waals surface area contributed by atoms with Gasteiger partial charge in [-0.25, -0.2) is 4.98 Å². The summed E-state index contributed by atoms with van der Waals surface area (Å²) in [4.78, 5) is 17.7. The van der Waals surface area contributed by atoms with Crippen molar-refractivity contribution in [3.63, 3.8) is 0 Å². The third-order valence-corrected chi connectivity index (χ3v) is 5.92. The highest BCUT2D eigenvalue weighted by Gasteiger charge is 2.28. The lowest BCUT2D eigenvalue weighted by Gasteiger charge is -2.31. The van der Waals surface area contributed by atoms with Crippen molar-refractivity contribution >= 4 is 34.7 Å². The summed E-state index contributed by atoms with van der Waals surface area (Å²) < 4.78 is 1.04. The number of thiazole rings is 1. The van der Waals surface area contributed by atoms with Crippen LogP contribution in [-0.2, 0) is 4.79 Å². The lowest BCUT2D eigenvalue weighted by Crippen LogP contribution is -2.48. The van der Waals surface area contributed by atoms with E-state index in [-0.39, 0.29) is 11.8 Å². The molecule has 1 aromatic carbocycles. The first kappa shape index (κ1) is 15.5. The number of rotatable bonds is 5. The minimum atomic E-state index is 0.0496. The van der Waals surface area contributed by atoms with Gasteiger partial charge in [-0.1, -0.05) is 18.7 Å². The van der Waals surface area contributed by atoms with Crippen molar-refractivity contribution in [1.29, 1.82) is 0 Å². The van der Waals surface area contributed by atoms with E-state index in [1.165, 1.54) is 0 Å². The van der Waals surface area contributed by atoms with Gasteiger partial charge < -0.3 is 10.6 Å². The number of anilines is 1. The molecule has 1 aliphatic heterocycles. The summed E-state index contributed by atoms with van der Waals surface area (Å²) in [6, 6.07) is 7.94. The minimum absolute atomic E-state index is 0.0496. The first-order chi connectivity index (χ1) is 10.6. The summed E-state index contributed by atoms with van der Waals surface area (Å²) in [5.74, 6) is 0.610. The summed E-state index contributed by atoms with van der Waals surface area (Å²) in [6.45, 7) is 5.88. The molecule has 2 aromatic rings. The molecule has 1 aliphatic rings. The largest absolute Gasteiger partial charge is 0.326 e. The molecular weight excluding hydrogens is 314 g/mol. The summed E-state index contributed by atoms with van der Waals surface area (Å²) in [7, 11) is 0. The van der Waals surface area contributed by atoms with Crippen LogP contribution in [0.15, 0.2) is 38.9 Å². The number of hydrogen-bond donors (Lipinski definition) is 2. The Morgan fingerprint density at radius 3 is 2.68 bits per heavy atom. The van der Waals surface area contributed by atoms with Crippen molar-refractivity contribution in [3.05, 3.63) is 35.3 Å². The standard InChI is InChI=1S/C16H19N3OS2/c1-10-9-21-16(18-10)22-14-5-3-13(4-6-14)19-15(20)11(2)12-7-17-8-12/h3-6,9,11-12,17H,7-8H2,1-2H3,(H,19,20). The molecule has 0 radical (unpaired) electrons. The van der Waals surface area contributed by atoms with Gasteiger partial charge in [-0.3, -0.25) is 4.79 Å². The number of hydrogen-bond acceptors (Lipinski definition) is 5. The molecule has 0 bridgehead atoms. The molecule has 1 unspecified atom stereocenters. The number of aryl methyl sites for hydroxylation is 1. The topological polar surface area (TPSA) is 54.0 Å². The van der Waals surface area contributed by atoms with Gasteiger partial charge in [-0.2, -0.15) is 0 Å². The van der Waals surface area contributed by atoms with Crippen LogP contribution in [0.3, 0.4) is 0 Å². The first-order valence-corrected chi connectivity index (χ1v) is 9.03. The molecule has 1 amide bonds. The number of nitrogens with one attached hydrogen (secondary N) is 2. The van der Waals surface area contributed by atoms with Crippen LogP contribution in [0.1, 0.15) is 12.6 Å². The zero-order valence-corrected chi connectivity index (χ0v) is 14.3. The van der Waals surface area contributed by atoms with Gasteiger partial charge in [-0.15, -0.1) is 11.3 Å². The van der Waals surface area contributed by atoms with E-state index in [1.807, 2.05) is 43.5 Å². The van der Waals surface area contributed by atoms with Gasteiger partial charge in [0.15, 0.2) is 4.34 Å². The van der Waals surface area contributed by atoms with Gasteiger partial charge >= 0.3 is 0 Å². The van der Waals surface area contributed by atoms with E-state index in [9.17, 15) is 4.79 Å². The van der Waals surface area contributed by atoms with E-state index >= 15 is 0 Å². The van der Waals surface area contributed by atoms with E-state index < -0.39 is 0 Å². The molecule has 6 heteroatoms. The summed E-state index contributed by atoms with van der Waals surface area (Å²) >= 11 is 3.30. The van der Waals surface area contributed by atoms with Crippen molar-refractivity contribution in [1.82, 2.24) is 10.3 Å². The lowest BCUT2D eigenvalue weighted by atomic mass is 9.88. The van der Waals surface area contributed by atoms with Crippen molar-refractivity contribution < 1.29 is 4.79 Å². The fraction of sp³-hybridized carbons (Fsp3) is 0.375. The second-order valence-electron chi connectivity index (χ2n) is 5.58. The van der Waals surface area contributed by atoms with Crippen LogP contribution in [0.25, 0.3) is 0 Å². The molecule has 22 heavy (non-hydrogen) atoms. The molecule has 1 saturated heterocycles. The Bertz CT molecular complexity index is 650. The third kappa shape index (κ3) is 3.69. The molecule has 2 heterocycles. The van der Waals surface area contributed by atoms with Crippen LogP contribution >= 0.6 is 23.1 Å². The summed E-state index contributed by atoms with van der Waals surface area (Å²) in [5, 5.41) is 8.25. The number of aromatic nitrogens is 1. The normalized spacial score (nSPS) is 16.1. The van der Waals surface area contributed by atoms with E-state index in [0.29, 0.717) is 5.92 Å². The summed E-state index contributed by atoms with van der Waals surface area (Å²) in [5.41, 5.74) is 1.90. The second-order valence-corrected chi connectivity index (χ2v) is 7.76. The van der Waals surface area contributed by atoms with E-state index in [4.69, 9.17) is 0 Å². The number of amides is 1. The molecule has 1 fully saturated rings. The van der Waals surface area contributed by atoms with Crippen LogP contribution in [-0.4, -0.2) is 24.0 Å². The Morgan fingerprint density at radius 1 is 1.41 bits per heavy atom. The van der Waals surface area contributed by atoms with Crippen LogP contribution < -0.4 is 10.6 Å². The Kier molecular flexibility index (Phi) is 4.81. The minimum Gasteiger partial charge on any atom is -0.326 e. The van der Waals surface area contributed by atoms with Crippen LogP contribution in [0.4, 0.5) is 5.69 Å². The molecule has 1 atom stereocenters. The number of carbonyl (C=O) groups is 1. The van der Waals surface area contributed by atoms with E-state index in [0.717, 1.165) is 33.7 Å². The SMILES string of the molecule is Cc1csc(Sc2ccc(NC(=O)C(C)C3CNC3)cc2)n1. The van der Waals surface area contributed by atoms with Crippen LogP contribution in [0.2, 0.25) is 0 Å². The van der Waals surface area contributed by atoms with Gasteiger partial charge in [0, 0.05) is 27.6 Å². The average Bonchev–Trinajstić information content (AvgIpc) is 2.84. The van der Waals surface area contributed by atoms with Crippen LogP contribution in [0, 0.1) is 18.8 Å². The second kappa shape index (κ2) is 6.81. The van der Waals surface area contributed by atoms with Gasteiger partial charge in [0.25, 0.3) is 0 Å². The quantitative estimate of drug-likeness (QED) is 0.880. The maximum absolute atomic E-state index is 12.2. The Labute approximate surface area is 138 Å². The van der Waals surface area contributed by atoms with Crippen molar-refractivity contribution in [2.75, 3.05) is 18.4 Å². The lowest BCUT2D eigenvalue weighted by molar-refractivity contribution is -0.121. The predicted molar refractivity (Wildman–Crippen MR) is 91.6 cm³/mol. The molecule has 0 spiro atoms. The zero-order chi connectivity index (χ0) is 15.5. The van der Waals surface area contributed by atoms with E-state index in [1.54, 1.807) is 23.1 Å². The third-order valence-electron chi connectivity index (χ3n) is 3.86. The van der Waals surface area contributed by atoms with Crippen LogP contribution in [0.5, 0.6) is 0 Å². The highest BCUT2D eigenvalue weighted by Crippen LogP contribution is 2.31. The van der Waals surface area contributed by atoms with E-state index in [2.05, 4.69) is 15.6 Å². The maximum atomic E-state index is 12.2. The molecule has 0 aliphatic carbocycles. The maximum Gasteiger partial charge on any atom is 0.227 e. The van der Waals surface area contributed by atoms with Gasteiger partial charge in [0.1, 0.15) is 0 Å². The fourth-order valence-corrected chi connectivity index (χ4v) is 4.03. The summed E-state index contributed by atoms with van der Waals surface area (Å²) in [6.07, 6.45) is 0. The zero-order valence-electron chi connectivity index (χ0n) is 12.6. The van der Waals surface area contributed by atoms with Crippen molar-refractivity contribution in [2.24, 2.45) is 11.8 Å². The molecule has 116 valence electrons. The Hall–Kier alpha value is -1.37. The first-order valence-electron chi connectivity index (χ1n) is 7.33. The van der Waals surface area contributed by atoms with Gasteiger partial charge in [0.2, 0.25) is 5.91 Å². The van der Waals surface area contributed by atoms with Crippen molar-refractivity contribution in [3.8, 4) is 0 Å². The molecule has 2 N–H and O–H groups in total.